The van der Waals surface area contributed by atoms with E-state index < -0.39 is 47.0 Å². The summed E-state index contributed by atoms with van der Waals surface area (Å²) in [6, 6.07) is 16.1. The number of nitrogens with one attached hydrogen (secondary N) is 2. The smallest absolute Gasteiger partial charge is 0.439 e. The van der Waals surface area contributed by atoms with Crippen LogP contribution in [0.15, 0.2) is 70.7 Å². The molecule has 0 unspecified atom stereocenters. The average Bonchev–Trinajstić information content (AvgIpc) is 3.55. The van der Waals surface area contributed by atoms with Crippen molar-refractivity contribution in [2.75, 3.05) is 26.2 Å². The summed E-state index contributed by atoms with van der Waals surface area (Å²) in [6.07, 6.45) is 1.88. The van der Waals surface area contributed by atoms with Crippen LogP contribution in [0.5, 0.6) is 0 Å². The first-order valence-corrected chi connectivity index (χ1v) is 21.1. The number of ether oxygens (including phenoxy) is 4. The molecule has 5 rings (SSSR count). The van der Waals surface area contributed by atoms with E-state index in [2.05, 4.69) is 30.9 Å². The largest absolute Gasteiger partial charge is 0.444 e. The molecule has 18 heteroatoms. The second-order valence-electron chi connectivity index (χ2n) is 18.8. The van der Waals surface area contributed by atoms with E-state index in [9.17, 15) is 24.3 Å². The number of aliphatic imine (C=N–C) groups is 2. The van der Waals surface area contributed by atoms with Gasteiger partial charge >= 0.3 is 24.4 Å². The lowest BCUT2D eigenvalue weighted by Crippen LogP contribution is -2.48. The summed E-state index contributed by atoms with van der Waals surface area (Å²) < 4.78 is 22.9. The van der Waals surface area contributed by atoms with Gasteiger partial charge in [-0.15, -0.1) is 15.1 Å². The van der Waals surface area contributed by atoms with Gasteiger partial charge in [-0.1, -0.05) is 53.8 Å². The second kappa shape index (κ2) is 19.5. The van der Waals surface area contributed by atoms with Gasteiger partial charge < -0.3 is 33.9 Å². The lowest BCUT2D eigenvalue weighted by atomic mass is 9.97. The number of aliphatic hydroxyl groups is 1. The quantitative estimate of drug-likeness (QED) is 0.0961. The van der Waals surface area contributed by atoms with Crippen molar-refractivity contribution in [3.63, 3.8) is 0 Å². The molecule has 344 valence electrons. The maximum absolute atomic E-state index is 12.7. The minimum atomic E-state index is -1.75. The fourth-order valence-corrected chi connectivity index (χ4v) is 6.59. The first-order chi connectivity index (χ1) is 29.7. The highest BCUT2D eigenvalue weighted by molar-refractivity contribution is 6.00. The van der Waals surface area contributed by atoms with Crippen molar-refractivity contribution >= 4 is 47.4 Å². The molecule has 2 aromatic carbocycles. The van der Waals surface area contributed by atoms with Crippen molar-refractivity contribution in [2.45, 2.75) is 119 Å². The van der Waals surface area contributed by atoms with Crippen LogP contribution in [0, 0.1) is 6.92 Å². The molecule has 0 fully saturated rings. The van der Waals surface area contributed by atoms with E-state index in [1.54, 1.807) is 76.8 Å². The van der Waals surface area contributed by atoms with Gasteiger partial charge in [-0.3, -0.25) is 10.6 Å². The van der Waals surface area contributed by atoms with Crippen molar-refractivity contribution in [3.05, 3.63) is 77.5 Å². The predicted octanol–water partition coefficient (Wildman–Crippen LogP) is 7.98. The molecule has 0 saturated carbocycles. The topological polar surface area (TPSA) is 211 Å². The number of alkyl carbamates (subject to hydrolysis) is 2. The van der Waals surface area contributed by atoms with Crippen LogP contribution in [0.4, 0.5) is 19.2 Å². The van der Waals surface area contributed by atoms with Gasteiger partial charge in [-0.05, 0) is 116 Å². The van der Waals surface area contributed by atoms with E-state index in [1.807, 2.05) is 67.6 Å². The molecule has 4 amide bonds. The van der Waals surface area contributed by atoms with Crippen LogP contribution in [0.25, 0.3) is 28.1 Å². The Morgan fingerprint density at radius 2 is 1.02 bits per heavy atom. The maximum Gasteiger partial charge on any atom is 0.439 e. The molecule has 0 bridgehead atoms. The maximum atomic E-state index is 12.7. The summed E-state index contributed by atoms with van der Waals surface area (Å²) in [4.78, 5) is 61.9. The Balaban J connectivity index is 1.25. The van der Waals surface area contributed by atoms with E-state index in [-0.39, 0.29) is 11.9 Å². The molecule has 1 aromatic heterocycles. The number of carbonyl (C=O) groups is 4. The molecular formula is C46H61N9O9. The fourth-order valence-electron chi connectivity index (χ4n) is 6.59. The minimum absolute atomic E-state index is 0.0476. The molecular weight excluding hydrogens is 823 g/mol. The molecule has 0 radical (unpaired) electrons. The number of hydrogen-bond acceptors (Lipinski definition) is 11. The number of amides is 4. The van der Waals surface area contributed by atoms with Gasteiger partial charge in [0.15, 0.2) is 0 Å². The molecule has 2 aliphatic heterocycles. The molecule has 0 atom stereocenters. The zero-order valence-corrected chi connectivity index (χ0v) is 38.9. The molecule has 64 heavy (non-hydrogen) atoms. The van der Waals surface area contributed by atoms with E-state index in [0.717, 1.165) is 44.9 Å². The second-order valence-corrected chi connectivity index (χ2v) is 18.8. The van der Waals surface area contributed by atoms with Crippen LogP contribution < -0.4 is 10.6 Å². The summed E-state index contributed by atoms with van der Waals surface area (Å²) in [5.74, 6) is -1.74. The third kappa shape index (κ3) is 14.5. The van der Waals surface area contributed by atoms with Crippen LogP contribution in [-0.2, 0) is 18.9 Å². The molecule has 3 heterocycles. The van der Waals surface area contributed by atoms with Gasteiger partial charge in [0.05, 0.1) is 11.4 Å². The number of benzene rings is 2. The van der Waals surface area contributed by atoms with Gasteiger partial charge in [-0.2, -0.15) is 0 Å². The van der Waals surface area contributed by atoms with Crippen LogP contribution in [0.3, 0.4) is 0 Å². The molecule has 0 aliphatic carbocycles. The van der Waals surface area contributed by atoms with Crippen molar-refractivity contribution in [2.24, 2.45) is 9.98 Å². The number of guanidine groups is 2. The molecule has 0 spiro atoms. The number of aromatic nitrogens is 3. The lowest BCUT2D eigenvalue weighted by Gasteiger charge is -2.30. The first kappa shape index (κ1) is 48.5. The number of hydrogen-bond donors (Lipinski definition) is 3. The molecule has 0 saturated heterocycles. The standard InChI is InChI=1S/C46H61N9O9/c1-29-36(34-15-13-30(14-16-34)32-21-25-54(26-22-32)38(49-41(58)63-45(8,9)10)50-42(59)64-46(11,12)60)51-52-55(29)35-19-17-31(18-20-35)33-23-27-53(28-24-33)37(47-39(56)61-43(2,3)4)48-40(57)62-44(5,6)7/h13-21,23,60H,22,24-28H2,1-12H3,(H,47,48,56,57)(H,49,50,58,59). The molecule has 3 N–H and O–H groups in total. The van der Waals surface area contributed by atoms with Crippen LogP contribution in [0.1, 0.15) is 106 Å². The lowest BCUT2D eigenvalue weighted by molar-refractivity contribution is -0.128. The van der Waals surface area contributed by atoms with E-state index >= 15 is 0 Å². The Morgan fingerprint density at radius 1 is 0.609 bits per heavy atom. The van der Waals surface area contributed by atoms with Crippen LogP contribution in [-0.4, -0.2) is 115 Å². The van der Waals surface area contributed by atoms with Crippen LogP contribution >= 0.6 is 0 Å². The van der Waals surface area contributed by atoms with E-state index in [0.29, 0.717) is 39.0 Å². The Hall–Kier alpha value is -6.56. The summed E-state index contributed by atoms with van der Waals surface area (Å²) in [7, 11) is 0. The zero-order chi connectivity index (χ0) is 47.2. The highest BCUT2D eigenvalue weighted by atomic mass is 16.7. The third-order valence-electron chi connectivity index (χ3n) is 9.27. The summed E-state index contributed by atoms with van der Waals surface area (Å²) in [5, 5.41) is 24.1. The average molecular weight is 884 g/mol. The van der Waals surface area contributed by atoms with Crippen molar-refractivity contribution < 1.29 is 43.2 Å². The van der Waals surface area contributed by atoms with Gasteiger partial charge in [0.25, 0.3) is 0 Å². The minimum Gasteiger partial charge on any atom is -0.444 e. The summed E-state index contributed by atoms with van der Waals surface area (Å²) >= 11 is 0. The van der Waals surface area contributed by atoms with Gasteiger partial charge in [0.2, 0.25) is 17.7 Å². The molecule has 2 aliphatic rings. The van der Waals surface area contributed by atoms with Crippen molar-refractivity contribution in [1.82, 2.24) is 35.4 Å². The molecule has 18 nitrogen and oxygen atoms in total. The summed E-state index contributed by atoms with van der Waals surface area (Å²) in [6.45, 7) is 21.9. The molecule has 3 aromatic rings. The van der Waals surface area contributed by atoms with Crippen molar-refractivity contribution in [3.8, 4) is 16.9 Å². The Labute approximate surface area is 374 Å². The van der Waals surface area contributed by atoms with Gasteiger partial charge in [0, 0.05) is 45.6 Å². The Morgan fingerprint density at radius 3 is 1.41 bits per heavy atom. The van der Waals surface area contributed by atoms with Gasteiger partial charge in [-0.25, -0.2) is 23.9 Å². The SMILES string of the molecule is Cc1c(-c2ccc(C3=CCN(/C(=N/C(=O)OC(C)(C)O)NC(=O)OC(C)(C)C)CC3)cc2)nnn1-c1ccc(C2=CCN(/C(=N/C(=O)OC(C)(C)C)NC(=O)OC(C)(C)C)CC2)cc1. The van der Waals surface area contributed by atoms with Crippen molar-refractivity contribution in [1.29, 1.82) is 0 Å². The first-order valence-electron chi connectivity index (χ1n) is 21.1. The number of nitrogens with zero attached hydrogens (tertiary/aromatic N) is 7. The number of rotatable bonds is 5. The van der Waals surface area contributed by atoms with E-state index in [1.165, 1.54) is 13.8 Å². The Bertz CT molecular complexity index is 2160. The Kier molecular flexibility index (Phi) is 14.7. The summed E-state index contributed by atoms with van der Waals surface area (Å²) in [5.41, 5.74) is 5.29. The monoisotopic (exact) mass is 883 g/mol. The number of carbonyl (C=O) groups excluding carboxylic acids is 4. The van der Waals surface area contributed by atoms with E-state index in [4.69, 9.17) is 18.9 Å². The highest BCUT2D eigenvalue weighted by Crippen LogP contribution is 2.29. The van der Waals surface area contributed by atoms with Crippen LogP contribution in [0.2, 0.25) is 0 Å². The van der Waals surface area contributed by atoms with Gasteiger partial charge in [0.1, 0.15) is 22.5 Å². The normalized spacial score (nSPS) is 15.5. The highest BCUT2D eigenvalue weighted by Gasteiger charge is 2.27. The third-order valence-corrected chi connectivity index (χ3v) is 9.27. The fraction of sp³-hybridized carbons (Fsp3) is 0.478. The predicted molar refractivity (Wildman–Crippen MR) is 242 cm³/mol. The zero-order valence-electron chi connectivity index (χ0n) is 38.9.